The molecule has 0 radical (unpaired) electrons. The van der Waals surface area contributed by atoms with E-state index in [4.69, 9.17) is 0 Å². The Kier molecular flexibility index (Phi) is 4.25. The number of benzene rings is 1. The lowest BCUT2D eigenvalue weighted by Crippen LogP contribution is -2.25. The molecule has 0 atom stereocenters. The van der Waals surface area contributed by atoms with E-state index < -0.39 is 0 Å². The Bertz CT molecular complexity index is 946. The van der Waals surface area contributed by atoms with E-state index in [1.807, 2.05) is 6.92 Å². The summed E-state index contributed by atoms with van der Waals surface area (Å²) in [6, 6.07) is 8.08. The topological polar surface area (TPSA) is 50.5 Å². The van der Waals surface area contributed by atoms with E-state index >= 15 is 0 Å². The molecule has 0 amide bonds. The van der Waals surface area contributed by atoms with E-state index in [0.29, 0.717) is 17.4 Å². The van der Waals surface area contributed by atoms with Gasteiger partial charge in [0.05, 0.1) is 0 Å². The lowest BCUT2D eigenvalue weighted by molar-refractivity contribution is 0.626. The quantitative estimate of drug-likeness (QED) is 0.679. The zero-order chi connectivity index (χ0) is 17.4. The second-order valence-corrected chi connectivity index (χ2v) is 7.40. The first-order chi connectivity index (χ1) is 12.1. The predicted octanol–water partition coefficient (Wildman–Crippen LogP) is 3.27. The van der Waals surface area contributed by atoms with E-state index in [0.717, 1.165) is 29.4 Å². The minimum absolute atomic E-state index is 0.141. The van der Waals surface area contributed by atoms with Crippen LogP contribution in [0.3, 0.4) is 0 Å². The third-order valence-electron chi connectivity index (χ3n) is 4.38. The zero-order valence-electron chi connectivity index (χ0n) is 14.0. The molecule has 1 saturated carbocycles. The van der Waals surface area contributed by atoms with Gasteiger partial charge < -0.3 is 4.90 Å². The average molecular weight is 358 g/mol. The molecule has 7 heteroatoms. The highest BCUT2D eigenvalue weighted by Gasteiger charge is 2.26. The van der Waals surface area contributed by atoms with Crippen molar-refractivity contribution >= 4 is 21.4 Å². The van der Waals surface area contributed by atoms with Crippen molar-refractivity contribution in [1.82, 2.24) is 14.6 Å². The molecule has 3 aromatic rings. The van der Waals surface area contributed by atoms with Gasteiger partial charge in [0.15, 0.2) is 0 Å². The summed E-state index contributed by atoms with van der Waals surface area (Å²) in [7, 11) is 0. The molecule has 25 heavy (non-hydrogen) atoms. The molecule has 0 bridgehead atoms. The molecule has 5 nitrogen and oxygen atoms in total. The summed E-state index contributed by atoms with van der Waals surface area (Å²) in [6.07, 6.45) is 3.17. The van der Waals surface area contributed by atoms with E-state index in [1.54, 1.807) is 18.2 Å². The highest BCUT2D eigenvalue weighted by Crippen LogP contribution is 2.33. The monoisotopic (exact) mass is 358 g/mol. The largest absolute Gasteiger partial charge is 0.342 e. The first-order valence-corrected chi connectivity index (χ1v) is 9.33. The van der Waals surface area contributed by atoms with E-state index in [1.165, 1.54) is 40.8 Å². The molecule has 0 unspecified atom stereocenters. The Balaban J connectivity index is 1.68. The van der Waals surface area contributed by atoms with Crippen LogP contribution in [0.25, 0.3) is 4.96 Å². The number of rotatable bonds is 6. The van der Waals surface area contributed by atoms with Crippen molar-refractivity contribution in [3.8, 4) is 0 Å². The average Bonchev–Trinajstić information content (AvgIpc) is 3.31. The van der Waals surface area contributed by atoms with E-state index in [2.05, 4.69) is 15.0 Å². The summed E-state index contributed by atoms with van der Waals surface area (Å²) in [4.78, 5) is 19.5. The van der Waals surface area contributed by atoms with Crippen LogP contribution in [0.2, 0.25) is 0 Å². The maximum atomic E-state index is 13.2. The van der Waals surface area contributed by atoms with Crippen LogP contribution in [0.5, 0.6) is 0 Å². The van der Waals surface area contributed by atoms with Gasteiger partial charge in [-0.1, -0.05) is 30.4 Å². The van der Waals surface area contributed by atoms with Gasteiger partial charge in [0, 0.05) is 24.8 Å². The van der Waals surface area contributed by atoms with Crippen LogP contribution < -0.4 is 10.5 Å². The second-order valence-electron chi connectivity index (χ2n) is 6.47. The molecule has 1 aromatic carbocycles. The lowest BCUT2D eigenvalue weighted by Gasteiger charge is -2.21. The molecule has 0 saturated heterocycles. The first kappa shape index (κ1) is 16.2. The Labute approximate surface area is 148 Å². The Morgan fingerprint density at radius 3 is 2.76 bits per heavy atom. The molecule has 0 N–H and O–H groups in total. The van der Waals surface area contributed by atoms with Gasteiger partial charge in [-0.15, -0.1) is 5.10 Å². The van der Waals surface area contributed by atoms with Gasteiger partial charge >= 0.3 is 0 Å². The van der Waals surface area contributed by atoms with Crippen molar-refractivity contribution < 1.29 is 4.39 Å². The number of halogens is 1. The van der Waals surface area contributed by atoms with E-state index in [-0.39, 0.29) is 11.4 Å². The number of aromatic nitrogens is 3. The summed E-state index contributed by atoms with van der Waals surface area (Å²) in [5.74, 6) is 0.434. The molecule has 2 aromatic heterocycles. The summed E-state index contributed by atoms with van der Waals surface area (Å²) in [6.45, 7) is 3.52. The smallest absolute Gasteiger partial charge is 0.275 e. The number of aryl methyl sites for hydroxylation is 1. The van der Waals surface area contributed by atoms with Crippen LogP contribution in [-0.4, -0.2) is 21.1 Å². The highest BCUT2D eigenvalue weighted by molar-refractivity contribution is 7.20. The Morgan fingerprint density at radius 2 is 2.08 bits per heavy atom. The summed E-state index contributed by atoms with van der Waals surface area (Å²) >= 11 is 1.43. The van der Waals surface area contributed by atoms with E-state index in [9.17, 15) is 9.18 Å². The van der Waals surface area contributed by atoms with Crippen LogP contribution in [0.4, 0.5) is 9.52 Å². The summed E-state index contributed by atoms with van der Waals surface area (Å²) in [5, 5.41) is 5.28. The van der Waals surface area contributed by atoms with Gasteiger partial charge in [0.2, 0.25) is 10.1 Å². The highest BCUT2D eigenvalue weighted by atomic mass is 32.1. The predicted molar refractivity (Wildman–Crippen MR) is 96.7 cm³/mol. The molecule has 4 rings (SSSR count). The lowest BCUT2D eigenvalue weighted by atomic mass is 10.2. The first-order valence-electron chi connectivity index (χ1n) is 8.51. The zero-order valence-corrected chi connectivity index (χ0v) is 14.8. The molecule has 1 aliphatic rings. The van der Waals surface area contributed by atoms with Crippen molar-refractivity contribution in [1.29, 1.82) is 0 Å². The molecular formula is C18H19FN4OS. The van der Waals surface area contributed by atoms with Gasteiger partial charge in [-0.3, -0.25) is 4.79 Å². The van der Waals surface area contributed by atoms with Crippen LogP contribution in [0.15, 0.2) is 35.1 Å². The molecule has 0 spiro atoms. The third-order valence-corrected chi connectivity index (χ3v) is 5.35. The van der Waals surface area contributed by atoms with Crippen molar-refractivity contribution in [2.24, 2.45) is 5.92 Å². The summed E-state index contributed by atoms with van der Waals surface area (Å²) < 4.78 is 14.5. The van der Waals surface area contributed by atoms with Crippen LogP contribution in [0, 0.1) is 11.7 Å². The SMILES string of the molecule is CCc1cc(=O)n2nc(N(Cc3ccc(F)cc3)CC3CC3)sc2n1. The number of fused-ring (bicyclic) bond motifs is 1. The number of anilines is 1. The fraction of sp³-hybridized carbons (Fsp3) is 0.389. The summed E-state index contributed by atoms with van der Waals surface area (Å²) in [5.41, 5.74) is 1.67. The fourth-order valence-corrected chi connectivity index (χ4v) is 3.72. The normalized spacial score (nSPS) is 14.2. The molecule has 0 aliphatic heterocycles. The van der Waals surface area contributed by atoms with Crippen LogP contribution in [-0.2, 0) is 13.0 Å². The van der Waals surface area contributed by atoms with Gasteiger partial charge in [-0.25, -0.2) is 9.37 Å². The molecular weight excluding hydrogens is 339 g/mol. The minimum atomic E-state index is -0.236. The van der Waals surface area contributed by atoms with Crippen LogP contribution >= 0.6 is 11.3 Å². The van der Waals surface area contributed by atoms with Crippen molar-refractivity contribution in [2.45, 2.75) is 32.7 Å². The second kappa shape index (κ2) is 6.55. The molecule has 2 heterocycles. The molecule has 1 fully saturated rings. The fourth-order valence-electron chi connectivity index (χ4n) is 2.79. The number of hydrogen-bond donors (Lipinski definition) is 0. The Morgan fingerprint density at radius 1 is 1.32 bits per heavy atom. The van der Waals surface area contributed by atoms with Gasteiger partial charge in [0.25, 0.3) is 5.56 Å². The van der Waals surface area contributed by atoms with Crippen LogP contribution in [0.1, 0.15) is 31.0 Å². The maximum Gasteiger partial charge on any atom is 0.275 e. The minimum Gasteiger partial charge on any atom is -0.342 e. The Hall–Kier alpha value is -2.28. The molecule has 130 valence electrons. The van der Waals surface area contributed by atoms with Crippen molar-refractivity contribution in [2.75, 3.05) is 11.4 Å². The standard InChI is InChI=1S/C18H19FN4OS/c1-2-15-9-16(24)23-17(20-15)25-18(21-23)22(10-12-3-4-12)11-13-5-7-14(19)8-6-13/h5-9,12H,2-4,10-11H2,1H3. The molecule has 1 aliphatic carbocycles. The number of hydrogen-bond acceptors (Lipinski definition) is 5. The van der Waals surface area contributed by atoms with Gasteiger partial charge in [0.1, 0.15) is 5.82 Å². The van der Waals surface area contributed by atoms with Gasteiger partial charge in [-0.05, 0) is 42.9 Å². The van der Waals surface area contributed by atoms with Crippen molar-refractivity contribution in [3.05, 3.63) is 57.8 Å². The number of nitrogens with zero attached hydrogens (tertiary/aromatic N) is 4. The maximum absolute atomic E-state index is 13.2. The van der Waals surface area contributed by atoms with Crippen molar-refractivity contribution in [3.63, 3.8) is 0 Å². The third kappa shape index (κ3) is 3.56. The van der Waals surface area contributed by atoms with Gasteiger partial charge in [-0.2, -0.15) is 4.52 Å².